The van der Waals surface area contributed by atoms with Crippen molar-refractivity contribution in [2.75, 3.05) is 11.9 Å². The zero-order chi connectivity index (χ0) is 21.8. The molecule has 0 bridgehead atoms. The molecule has 0 spiro atoms. The molecule has 0 saturated carbocycles. The smallest absolute Gasteiger partial charge is 0.306 e. The van der Waals surface area contributed by atoms with E-state index in [9.17, 15) is 14.9 Å². The first-order chi connectivity index (χ1) is 15.0. The largest absolute Gasteiger partial charge is 0.494 e. The number of ether oxygens (including phenoxy) is 1. The molecule has 0 fully saturated rings. The number of nitro benzene ring substituents is 1. The Morgan fingerprint density at radius 3 is 2.81 bits per heavy atom. The van der Waals surface area contributed by atoms with Crippen molar-refractivity contribution in [2.24, 2.45) is 10.2 Å². The number of benzene rings is 2. The number of aromatic nitrogens is 1. The molecule has 0 atom stereocenters. The van der Waals surface area contributed by atoms with Crippen molar-refractivity contribution < 1.29 is 9.66 Å². The maximum Gasteiger partial charge on any atom is 0.306 e. The predicted molar refractivity (Wildman–Crippen MR) is 122 cm³/mol. The third-order valence-corrected chi connectivity index (χ3v) is 5.19. The van der Waals surface area contributed by atoms with Crippen LogP contribution in [0.1, 0.15) is 17.4 Å². The van der Waals surface area contributed by atoms with Crippen LogP contribution in [-0.4, -0.2) is 28.4 Å². The van der Waals surface area contributed by atoms with Gasteiger partial charge < -0.3 is 10.1 Å². The summed E-state index contributed by atoms with van der Waals surface area (Å²) in [6, 6.07) is 13.6. The van der Waals surface area contributed by atoms with Crippen LogP contribution in [0.15, 0.2) is 69.1 Å². The van der Waals surface area contributed by atoms with Gasteiger partial charge in [0.25, 0.3) is 5.69 Å². The highest BCUT2D eigenvalue weighted by Crippen LogP contribution is 2.27. The second-order valence-electron chi connectivity index (χ2n) is 6.44. The van der Waals surface area contributed by atoms with Crippen molar-refractivity contribution in [3.05, 3.63) is 84.3 Å². The van der Waals surface area contributed by atoms with E-state index in [4.69, 9.17) is 4.74 Å². The number of hydrogen-bond acceptors (Lipinski definition) is 8. The summed E-state index contributed by atoms with van der Waals surface area (Å²) >= 11 is 1.04. The van der Waals surface area contributed by atoms with E-state index in [-0.39, 0.29) is 10.6 Å². The van der Waals surface area contributed by atoms with Crippen LogP contribution in [-0.2, 0) is 0 Å². The van der Waals surface area contributed by atoms with Gasteiger partial charge in [0.1, 0.15) is 17.3 Å². The second-order valence-corrected chi connectivity index (χ2v) is 7.45. The van der Waals surface area contributed by atoms with Crippen LogP contribution in [0.5, 0.6) is 5.75 Å². The molecular weight excluding hydrogens is 418 g/mol. The maximum atomic E-state index is 12.0. The SMILES string of the molecule is CCOc1ccc(Nc2[nH]c(=O)sc2C=C2C=NN=C2c2cccc([N+](=O)[O-])c2)cc1. The molecule has 2 aromatic carbocycles. The van der Waals surface area contributed by atoms with E-state index in [0.717, 1.165) is 22.8 Å². The lowest BCUT2D eigenvalue weighted by Crippen LogP contribution is -2.03. The summed E-state index contributed by atoms with van der Waals surface area (Å²) in [6.07, 6.45) is 3.33. The molecule has 1 aliphatic rings. The number of nitrogens with zero attached hydrogens (tertiary/aromatic N) is 3. The van der Waals surface area contributed by atoms with E-state index in [0.29, 0.717) is 34.2 Å². The van der Waals surface area contributed by atoms with E-state index >= 15 is 0 Å². The second kappa shape index (κ2) is 8.76. The van der Waals surface area contributed by atoms with E-state index in [1.165, 1.54) is 12.1 Å². The van der Waals surface area contributed by atoms with Crippen LogP contribution in [0.25, 0.3) is 6.08 Å². The Morgan fingerprint density at radius 2 is 2.06 bits per heavy atom. The fraction of sp³-hybridized carbons (Fsp3) is 0.0952. The van der Waals surface area contributed by atoms with Gasteiger partial charge in [0.2, 0.25) is 0 Å². The van der Waals surface area contributed by atoms with Crippen molar-refractivity contribution in [2.45, 2.75) is 6.92 Å². The van der Waals surface area contributed by atoms with Crippen LogP contribution in [0.3, 0.4) is 0 Å². The topological polar surface area (TPSA) is 122 Å². The lowest BCUT2D eigenvalue weighted by Gasteiger charge is -2.08. The molecule has 0 aliphatic carbocycles. The molecule has 10 heteroatoms. The quantitative estimate of drug-likeness (QED) is 0.422. The van der Waals surface area contributed by atoms with Gasteiger partial charge in [-0.2, -0.15) is 5.10 Å². The van der Waals surface area contributed by atoms with E-state index in [2.05, 4.69) is 20.5 Å². The molecule has 0 unspecified atom stereocenters. The van der Waals surface area contributed by atoms with Crippen LogP contribution >= 0.6 is 11.3 Å². The van der Waals surface area contributed by atoms with Crippen LogP contribution < -0.4 is 14.9 Å². The Morgan fingerprint density at radius 1 is 1.26 bits per heavy atom. The van der Waals surface area contributed by atoms with Crippen LogP contribution in [0.4, 0.5) is 17.2 Å². The van der Waals surface area contributed by atoms with Crippen molar-refractivity contribution >= 4 is 46.5 Å². The minimum atomic E-state index is -0.458. The number of thiazole rings is 1. The Labute approximate surface area is 180 Å². The summed E-state index contributed by atoms with van der Waals surface area (Å²) in [4.78, 5) is 25.9. The molecule has 0 saturated heterocycles. The summed E-state index contributed by atoms with van der Waals surface area (Å²) in [6.45, 7) is 2.50. The predicted octanol–water partition coefficient (Wildman–Crippen LogP) is 4.36. The van der Waals surface area contributed by atoms with Crippen molar-refractivity contribution in [3.63, 3.8) is 0 Å². The molecule has 31 heavy (non-hydrogen) atoms. The average Bonchev–Trinajstić information content (AvgIpc) is 3.36. The zero-order valence-corrected chi connectivity index (χ0v) is 17.2. The minimum absolute atomic E-state index is 0.0318. The number of H-pyrrole nitrogens is 1. The highest BCUT2D eigenvalue weighted by Gasteiger charge is 2.18. The van der Waals surface area contributed by atoms with Gasteiger partial charge in [-0.3, -0.25) is 19.9 Å². The summed E-state index contributed by atoms with van der Waals surface area (Å²) < 4.78 is 5.44. The van der Waals surface area contributed by atoms with Gasteiger partial charge in [0.15, 0.2) is 0 Å². The third-order valence-electron chi connectivity index (χ3n) is 4.36. The Kier molecular flexibility index (Phi) is 5.72. The van der Waals surface area contributed by atoms with Gasteiger partial charge in [-0.25, -0.2) is 0 Å². The van der Waals surface area contributed by atoms with Gasteiger partial charge in [-0.05, 0) is 37.3 Å². The lowest BCUT2D eigenvalue weighted by molar-refractivity contribution is -0.384. The molecule has 2 heterocycles. The average molecular weight is 435 g/mol. The highest BCUT2D eigenvalue weighted by atomic mass is 32.1. The first-order valence-electron chi connectivity index (χ1n) is 9.34. The van der Waals surface area contributed by atoms with Gasteiger partial charge in [0, 0.05) is 29.0 Å². The molecule has 0 amide bonds. The van der Waals surface area contributed by atoms with Crippen molar-refractivity contribution in [3.8, 4) is 5.75 Å². The number of nitrogens with one attached hydrogen (secondary N) is 2. The number of anilines is 2. The molecule has 9 nitrogen and oxygen atoms in total. The fourth-order valence-electron chi connectivity index (χ4n) is 2.99. The first kappa shape index (κ1) is 20.2. The maximum absolute atomic E-state index is 12.0. The molecule has 4 rings (SSSR count). The number of rotatable bonds is 7. The molecule has 3 aromatic rings. The molecule has 1 aliphatic heterocycles. The van der Waals surface area contributed by atoms with Crippen LogP contribution in [0, 0.1) is 10.1 Å². The number of non-ortho nitro benzene ring substituents is 1. The van der Waals surface area contributed by atoms with Gasteiger partial charge in [0.05, 0.1) is 22.6 Å². The monoisotopic (exact) mass is 435 g/mol. The summed E-state index contributed by atoms with van der Waals surface area (Å²) in [5.41, 5.74) is 2.46. The Bertz CT molecular complexity index is 1270. The van der Waals surface area contributed by atoms with Crippen LogP contribution in [0.2, 0.25) is 0 Å². The first-order valence-corrected chi connectivity index (χ1v) is 10.2. The van der Waals surface area contributed by atoms with E-state index in [1.807, 2.05) is 31.2 Å². The van der Waals surface area contributed by atoms with Gasteiger partial charge >= 0.3 is 4.87 Å². The molecule has 156 valence electrons. The van der Waals surface area contributed by atoms with E-state index < -0.39 is 4.92 Å². The minimum Gasteiger partial charge on any atom is -0.494 e. The normalized spacial score (nSPS) is 14.0. The van der Waals surface area contributed by atoms with Gasteiger partial charge in [-0.15, -0.1) is 5.10 Å². The lowest BCUT2D eigenvalue weighted by atomic mass is 10.0. The standard InChI is InChI=1S/C21H17N5O4S/c1-2-30-17-8-6-15(7-9-17)23-20-18(31-21(27)24-20)11-14-12-22-25-19(14)13-4-3-5-16(10-13)26(28)29/h3-12,23H,2H2,1H3,(H,24,27). The molecule has 1 aromatic heterocycles. The zero-order valence-electron chi connectivity index (χ0n) is 16.4. The number of nitro groups is 1. The summed E-state index contributed by atoms with van der Waals surface area (Å²) in [5, 5.41) is 22.3. The highest BCUT2D eigenvalue weighted by molar-refractivity contribution is 7.10. The fourth-order valence-corrected chi connectivity index (χ4v) is 3.73. The number of allylic oxidation sites excluding steroid dienone is 1. The van der Waals surface area contributed by atoms with Gasteiger partial charge in [-0.1, -0.05) is 23.5 Å². The summed E-state index contributed by atoms with van der Waals surface area (Å²) in [5.74, 6) is 1.29. The van der Waals surface area contributed by atoms with Crippen molar-refractivity contribution in [1.82, 2.24) is 4.98 Å². The molecular formula is C21H17N5O4S. The Hall–Kier alpha value is -4.05. The molecule has 0 radical (unpaired) electrons. The number of hydrogen-bond donors (Lipinski definition) is 2. The third kappa shape index (κ3) is 4.59. The van der Waals surface area contributed by atoms with E-state index in [1.54, 1.807) is 24.4 Å². The summed E-state index contributed by atoms with van der Waals surface area (Å²) in [7, 11) is 0. The Balaban J connectivity index is 1.62. The molecule has 2 N–H and O–H groups in total. The van der Waals surface area contributed by atoms with Crippen molar-refractivity contribution in [1.29, 1.82) is 0 Å². The number of aromatic amines is 1.